The molecule has 5 nitrogen and oxygen atoms in total. The molecular weight excluding hydrogens is 320 g/mol. The summed E-state index contributed by atoms with van der Waals surface area (Å²) in [5, 5.41) is 11.1. The maximum Gasteiger partial charge on any atom is 0.333 e. The van der Waals surface area contributed by atoms with Crippen molar-refractivity contribution in [3.05, 3.63) is 34.4 Å². The predicted molar refractivity (Wildman–Crippen MR) is 92.5 cm³/mol. The van der Waals surface area contributed by atoms with Crippen LogP contribution in [0.25, 0.3) is 0 Å². The molecule has 3 aliphatic rings. The van der Waals surface area contributed by atoms with E-state index < -0.39 is 23.8 Å². The molecule has 1 saturated heterocycles. The van der Waals surface area contributed by atoms with Crippen LogP contribution >= 0.6 is 0 Å². The second-order valence-electron chi connectivity index (χ2n) is 7.63. The molecule has 5 heteroatoms. The van der Waals surface area contributed by atoms with Gasteiger partial charge in [-0.05, 0) is 45.3 Å². The highest BCUT2D eigenvalue weighted by Crippen LogP contribution is 2.50. The van der Waals surface area contributed by atoms with E-state index >= 15 is 0 Å². The van der Waals surface area contributed by atoms with E-state index in [-0.39, 0.29) is 24.2 Å². The molecule has 1 saturated carbocycles. The van der Waals surface area contributed by atoms with Crippen LogP contribution in [0.2, 0.25) is 0 Å². The minimum Gasteiger partial charge on any atom is -0.458 e. The Hall–Kier alpha value is -1.88. The molecule has 3 rings (SSSR count). The third kappa shape index (κ3) is 2.84. The van der Waals surface area contributed by atoms with E-state index in [0.717, 1.165) is 23.1 Å². The molecule has 0 aromatic carbocycles. The number of carbonyl (C=O) groups excluding carboxylic acids is 2. The Morgan fingerprint density at radius 3 is 2.80 bits per heavy atom. The second kappa shape index (κ2) is 6.13. The number of allylic oxidation sites excluding steroid dienone is 3. The summed E-state index contributed by atoms with van der Waals surface area (Å²) in [5.74, 6) is -1.36. The van der Waals surface area contributed by atoms with Gasteiger partial charge in [-0.2, -0.15) is 0 Å². The molecule has 0 unspecified atom stereocenters. The molecule has 1 heterocycles. The number of carbonyl (C=O) groups is 2. The summed E-state index contributed by atoms with van der Waals surface area (Å²) >= 11 is 0. The average Bonchev–Trinajstić information content (AvgIpc) is 3.03. The van der Waals surface area contributed by atoms with Gasteiger partial charge in [-0.25, -0.2) is 4.79 Å². The lowest BCUT2D eigenvalue weighted by Crippen LogP contribution is -2.38. The Morgan fingerprint density at radius 1 is 1.48 bits per heavy atom. The minimum absolute atomic E-state index is 0.250. The van der Waals surface area contributed by atoms with Crippen LogP contribution in [0.5, 0.6) is 0 Å². The maximum absolute atomic E-state index is 12.3. The van der Waals surface area contributed by atoms with Crippen LogP contribution in [0, 0.1) is 11.8 Å². The largest absolute Gasteiger partial charge is 0.458 e. The second-order valence-corrected chi connectivity index (χ2v) is 7.63. The lowest BCUT2D eigenvalue weighted by molar-refractivity contribution is -0.151. The van der Waals surface area contributed by atoms with Crippen molar-refractivity contribution in [2.24, 2.45) is 11.8 Å². The van der Waals surface area contributed by atoms with Gasteiger partial charge in [0.25, 0.3) is 0 Å². The number of hydrogen-bond acceptors (Lipinski definition) is 5. The van der Waals surface area contributed by atoms with E-state index in [1.54, 1.807) is 26.8 Å². The average molecular weight is 346 g/mol. The van der Waals surface area contributed by atoms with Crippen LogP contribution in [-0.2, 0) is 19.1 Å². The molecule has 0 amide bonds. The fourth-order valence-electron chi connectivity index (χ4n) is 4.22. The molecular formula is C20H26O5. The van der Waals surface area contributed by atoms with Crippen LogP contribution in [-0.4, -0.2) is 34.9 Å². The van der Waals surface area contributed by atoms with Gasteiger partial charge < -0.3 is 14.6 Å². The third-order valence-electron chi connectivity index (χ3n) is 5.81. The topological polar surface area (TPSA) is 72.8 Å². The van der Waals surface area contributed by atoms with Crippen molar-refractivity contribution < 1.29 is 24.2 Å². The zero-order valence-electron chi connectivity index (χ0n) is 15.5. The van der Waals surface area contributed by atoms with Crippen molar-refractivity contribution >= 4 is 11.9 Å². The Morgan fingerprint density at radius 2 is 2.16 bits per heavy atom. The van der Waals surface area contributed by atoms with Gasteiger partial charge in [0, 0.05) is 12.0 Å². The van der Waals surface area contributed by atoms with Crippen LogP contribution in [0.3, 0.4) is 0 Å². The van der Waals surface area contributed by atoms with Gasteiger partial charge in [-0.1, -0.05) is 24.6 Å². The van der Waals surface area contributed by atoms with Gasteiger partial charge in [0.1, 0.15) is 12.2 Å². The molecule has 5 atom stereocenters. The Labute approximate surface area is 148 Å². The van der Waals surface area contributed by atoms with E-state index in [4.69, 9.17) is 9.47 Å². The molecule has 0 bridgehead atoms. The molecule has 25 heavy (non-hydrogen) atoms. The summed E-state index contributed by atoms with van der Waals surface area (Å²) in [6.07, 6.45) is 3.64. The Bertz CT molecular complexity index is 710. The molecule has 1 aliphatic heterocycles. The number of ether oxygens (including phenoxy) is 2. The van der Waals surface area contributed by atoms with Crippen LogP contribution in [0.4, 0.5) is 0 Å². The summed E-state index contributed by atoms with van der Waals surface area (Å²) in [6.45, 7) is 9.02. The number of fused-ring (bicyclic) bond motifs is 3. The van der Waals surface area contributed by atoms with E-state index in [9.17, 15) is 14.7 Å². The van der Waals surface area contributed by atoms with Gasteiger partial charge in [-0.15, -0.1) is 0 Å². The highest BCUT2D eigenvalue weighted by atomic mass is 16.6. The van der Waals surface area contributed by atoms with E-state index in [1.807, 2.05) is 19.9 Å². The van der Waals surface area contributed by atoms with Gasteiger partial charge in [-0.3, -0.25) is 4.79 Å². The fourth-order valence-corrected chi connectivity index (χ4v) is 4.22. The lowest BCUT2D eigenvalue weighted by atomic mass is 9.83. The van der Waals surface area contributed by atoms with Crippen molar-refractivity contribution in [3.8, 4) is 0 Å². The number of rotatable bonds is 2. The van der Waals surface area contributed by atoms with Crippen molar-refractivity contribution in [3.63, 3.8) is 0 Å². The van der Waals surface area contributed by atoms with Crippen molar-refractivity contribution in [1.29, 1.82) is 0 Å². The van der Waals surface area contributed by atoms with Gasteiger partial charge >= 0.3 is 11.9 Å². The normalized spacial score (nSPS) is 37.9. The number of esters is 2. The van der Waals surface area contributed by atoms with Crippen LogP contribution in [0.1, 0.15) is 47.5 Å². The first-order valence-electron chi connectivity index (χ1n) is 8.84. The summed E-state index contributed by atoms with van der Waals surface area (Å²) in [4.78, 5) is 24.6. The number of hydrogen-bond donors (Lipinski definition) is 1. The predicted octanol–water partition coefficient (Wildman–Crippen LogP) is 2.84. The molecule has 0 radical (unpaired) electrons. The SMILES string of the molecule is C/C=C(\C)C(=O)O[C@H]1C[C@](C)(O)C2=CCC(C)=C2[C@H]2OC(=O)[C@@H](C)[C@H]12. The van der Waals surface area contributed by atoms with Gasteiger partial charge in [0.2, 0.25) is 0 Å². The molecule has 0 aromatic rings. The van der Waals surface area contributed by atoms with Gasteiger partial charge in [0.05, 0.1) is 17.4 Å². The maximum atomic E-state index is 12.3. The monoisotopic (exact) mass is 346 g/mol. The Balaban J connectivity index is 2.04. The zero-order chi connectivity index (χ0) is 18.5. The summed E-state index contributed by atoms with van der Waals surface area (Å²) in [7, 11) is 0. The summed E-state index contributed by atoms with van der Waals surface area (Å²) in [6, 6.07) is 0. The van der Waals surface area contributed by atoms with Crippen LogP contribution in [0.15, 0.2) is 34.4 Å². The zero-order valence-corrected chi connectivity index (χ0v) is 15.5. The van der Waals surface area contributed by atoms with Crippen molar-refractivity contribution in [2.75, 3.05) is 0 Å². The van der Waals surface area contributed by atoms with E-state index in [1.165, 1.54) is 0 Å². The first-order chi connectivity index (χ1) is 11.7. The molecule has 136 valence electrons. The highest BCUT2D eigenvalue weighted by Gasteiger charge is 2.56. The first kappa shape index (κ1) is 17.9. The quantitative estimate of drug-likeness (QED) is 0.615. The fraction of sp³-hybridized carbons (Fsp3) is 0.600. The molecule has 0 aromatic heterocycles. The number of aliphatic hydroxyl groups is 1. The van der Waals surface area contributed by atoms with Crippen LogP contribution < -0.4 is 0 Å². The van der Waals surface area contributed by atoms with Crippen molar-refractivity contribution in [2.45, 2.75) is 65.3 Å². The van der Waals surface area contributed by atoms with Crippen molar-refractivity contribution in [1.82, 2.24) is 0 Å². The first-order valence-corrected chi connectivity index (χ1v) is 8.84. The molecule has 0 spiro atoms. The smallest absolute Gasteiger partial charge is 0.333 e. The lowest BCUT2D eigenvalue weighted by Gasteiger charge is -2.29. The standard InChI is InChI=1S/C20H26O5/c1-6-10(2)18(21)24-14-9-20(5,23)13-8-7-11(3)15(13)17-16(14)12(4)19(22)25-17/h6,8,12,14,16-17,23H,7,9H2,1-5H3/b10-6+/t12-,14-,16+,17+,20-/m0/s1. The minimum atomic E-state index is -1.13. The van der Waals surface area contributed by atoms with E-state index in [2.05, 4.69) is 0 Å². The molecule has 2 fully saturated rings. The Kier molecular flexibility index (Phi) is 4.40. The third-order valence-corrected chi connectivity index (χ3v) is 5.81. The van der Waals surface area contributed by atoms with Gasteiger partial charge in [0.15, 0.2) is 0 Å². The molecule has 1 N–H and O–H groups in total. The summed E-state index contributed by atoms with van der Waals surface area (Å²) in [5.41, 5.74) is 2.20. The van der Waals surface area contributed by atoms with E-state index in [0.29, 0.717) is 5.57 Å². The summed E-state index contributed by atoms with van der Waals surface area (Å²) < 4.78 is 11.4. The highest BCUT2D eigenvalue weighted by molar-refractivity contribution is 5.88. The molecule has 2 aliphatic carbocycles.